The van der Waals surface area contributed by atoms with E-state index in [-0.39, 0.29) is 10.6 Å². The molecule has 0 saturated carbocycles. The zero-order valence-electron chi connectivity index (χ0n) is 12.6. The van der Waals surface area contributed by atoms with Gasteiger partial charge in [0, 0.05) is 20.1 Å². The summed E-state index contributed by atoms with van der Waals surface area (Å²) in [5.74, 6) is 1.16. The average Bonchev–Trinajstić information content (AvgIpc) is 2.38. The predicted molar refractivity (Wildman–Crippen MR) is 81.5 cm³/mol. The molecule has 1 rings (SSSR count). The first-order chi connectivity index (χ1) is 9.43. The Balaban J connectivity index is 2.83. The van der Waals surface area contributed by atoms with Gasteiger partial charge in [-0.3, -0.25) is 10.1 Å². The van der Waals surface area contributed by atoms with Crippen LogP contribution in [-0.2, 0) is 0 Å². The van der Waals surface area contributed by atoms with Crippen molar-refractivity contribution < 1.29 is 4.92 Å². The molecule has 7 heteroatoms. The van der Waals surface area contributed by atoms with Crippen LogP contribution in [0.1, 0.15) is 13.3 Å². The van der Waals surface area contributed by atoms with Gasteiger partial charge in [0.1, 0.15) is 11.6 Å². The molecule has 1 N–H and O–H groups in total. The molecular formula is C13H23N5O2. The lowest BCUT2D eigenvalue weighted by Gasteiger charge is -2.20. The molecule has 0 spiro atoms. The fourth-order valence-electron chi connectivity index (χ4n) is 1.81. The summed E-state index contributed by atoms with van der Waals surface area (Å²) in [5.41, 5.74) is 0.0606. The topological polar surface area (TPSA) is 74.5 Å². The van der Waals surface area contributed by atoms with E-state index < -0.39 is 0 Å². The van der Waals surface area contributed by atoms with Crippen molar-refractivity contribution >= 4 is 17.3 Å². The lowest BCUT2D eigenvalue weighted by atomic mass is 10.3. The summed E-state index contributed by atoms with van der Waals surface area (Å²) >= 11 is 0. The third-order valence-corrected chi connectivity index (χ3v) is 2.86. The maximum Gasteiger partial charge on any atom is 0.276 e. The van der Waals surface area contributed by atoms with E-state index >= 15 is 0 Å². The van der Waals surface area contributed by atoms with Crippen LogP contribution in [0, 0.1) is 10.1 Å². The van der Waals surface area contributed by atoms with Crippen LogP contribution in [0.2, 0.25) is 0 Å². The van der Waals surface area contributed by atoms with Crippen molar-refractivity contribution in [2.45, 2.75) is 13.3 Å². The van der Waals surface area contributed by atoms with Gasteiger partial charge in [-0.15, -0.1) is 0 Å². The molecule has 0 atom stereocenters. The second kappa shape index (κ2) is 7.64. The fourth-order valence-corrected chi connectivity index (χ4v) is 1.81. The van der Waals surface area contributed by atoms with Crippen LogP contribution in [0.3, 0.4) is 0 Å². The normalized spacial score (nSPS) is 10.7. The SMILES string of the molecule is CCNc1cc([N+](=O)[O-])cc(N(C)CCCN(C)C)n1. The van der Waals surface area contributed by atoms with Crippen LogP contribution in [0.5, 0.6) is 0 Å². The van der Waals surface area contributed by atoms with E-state index in [4.69, 9.17) is 0 Å². The number of nitro groups is 1. The number of hydrogen-bond acceptors (Lipinski definition) is 6. The van der Waals surface area contributed by atoms with Crippen molar-refractivity contribution in [3.8, 4) is 0 Å². The molecule has 0 amide bonds. The van der Waals surface area contributed by atoms with Gasteiger partial charge in [0.25, 0.3) is 5.69 Å². The molecule has 0 unspecified atom stereocenters. The van der Waals surface area contributed by atoms with E-state index in [1.54, 1.807) is 0 Å². The minimum Gasteiger partial charge on any atom is -0.370 e. The first-order valence-electron chi connectivity index (χ1n) is 6.70. The number of nitrogens with one attached hydrogen (secondary N) is 1. The average molecular weight is 281 g/mol. The molecule has 1 aromatic rings. The number of aromatic nitrogens is 1. The molecular weight excluding hydrogens is 258 g/mol. The van der Waals surface area contributed by atoms with Crippen molar-refractivity contribution in [2.24, 2.45) is 0 Å². The second-order valence-corrected chi connectivity index (χ2v) is 4.93. The highest BCUT2D eigenvalue weighted by Gasteiger charge is 2.13. The third-order valence-electron chi connectivity index (χ3n) is 2.86. The quantitative estimate of drug-likeness (QED) is 0.578. The fraction of sp³-hybridized carbons (Fsp3) is 0.615. The van der Waals surface area contributed by atoms with E-state index in [9.17, 15) is 10.1 Å². The molecule has 0 saturated heterocycles. The maximum absolute atomic E-state index is 11.0. The van der Waals surface area contributed by atoms with Gasteiger partial charge in [-0.25, -0.2) is 4.98 Å². The first kappa shape index (κ1) is 16.2. The van der Waals surface area contributed by atoms with Crippen molar-refractivity contribution in [1.82, 2.24) is 9.88 Å². The van der Waals surface area contributed by atoms with Crippen LogP contribution in [0.4, 0.5) is 17.3 Å². The molecule has 0 fully saturated rings. The van der Waals surface area contributed by atoms with Crippen LogP contribution in [0.25, 0.3) is 0 Å². The molecule has 20 heavy (non-hydrogen) atoms. The van der Waals surface area contributed by atoms with Crippen molar-refractivity contribution in [3.63, 3.8) is 0 Å². The Morgan fingerprint density at radius 2 is 2.00 bits per heavy atom. The highest BCUT2D eigenvalue weighted by atomic mass is 16.6. The van der Waals surface area contributed by atoms with Crippen molar-refractivity contribution in [2.75, 3.05) is 51.0 Å². The van der Waals surface area contributed by atoms with E-state index in [0.717, 1.165) is 19.5 Å². The molecule has 112 valence electrons. The summed E-state index contributed by atoms with van der Waals surface area (Å²) in [6.45, 7) is 4.39. The van der Waals surface area contributed by atoms with Gasteiger partial charge in [-0.1, -0.05) is 0 Å². The Labute approximate surface area is 119 Å². The second-order valence-electron chi connectivity index (χ2n) is 4.93. The minimum atomic E-state index is -0.389. The number of pyridine rings is 1. The van der Waals surface area contributed by atoms with Gasteiger partial charge in [-0.2, -0.15) is 0 Å². The standard InChI is InChI=1S/C13H23N5O2/c1-5-14-12-9-11(18(19)20)10-13(15-12)17(4)8-6-7-16(2)3/h9-10H,5-8H2,1-4H3,(H,14,15). The van der Waals surface area contributed by atoms with Crippen LogP contribution in [-0.4, -0.2) is 55.6 Å². The monoisotopic (exact) mass is 281 g/mol. The number of rotatable bonds is 8. The Morgan fingerprint density at radius 3 is 2.55 bits per heavy atom. The predicted octanol–water partition coefficient (Wildman–Crippen LogP) is 1.81. The number of nitrogens with zero attached hydrogens (tertiary/aromatic N) is 4. The molecule has 1 aromatic heterocycles. The molecule has 0 bridgehead atoms. The third kappa shape index (κ3) is 5.00. The Bertz CT molecular complexity index is 450. The van der Waals surface area contributed by atoms with Gasteiger partial charge in [0.2, 0.25) is 0 Å². The lowest BCUT2D eigenvalue weighted by Crippen LogP contribution is -2.24. The Morgan fingerprint density at radius 1 is 1.30 bits per heavy atom. The Hall–Kier alpha value is -1.89. The Kier molecular flexibility index (Phi) is 6.17. The van der Waals surface area contributed by atoms with Gasteiger partial charge in [0.05, 0.1) is 17.1 Å². The number of anilines is 2. The van der Waals surface area contributed by atoms with E-state index in [0.29, 0.717) is 18.2 Å². The van der Waals surface area contributed by atoms with E-state index in [1.807, 2.05) is 33.0 Å². The van der Waals surface area contributed by atoms with Gasteiger partial charge in [-0.05, 0) is 34.0 Å². The molecule has 0 aliphatic carbocycles. The summed E-state index contributed by atoms with van der Waals surface area (Å²) in [5, 5.41) is 14.0. The first-order valence-corrected chi connectivity index (χ1v) is 6.70. The molecule has 0 aliphatic heterocycles. The summed E-state index contributed by atoms with van der Waals surface area (Å²) in [7, 11) is 5.95. The largest absolute Gasteiger partial charge is 0.370 e. The van der Waals surface area contributed by atoms with Crippen molar-refractivity contribution in [3.05, 3.63) is 22.2 Å². The van der Waals surface area contributed by atoms with Gasteiger partial charge < -0.3 is 15.1 Å². The molecule has 7 nitrogen and oxygen atoms in total. The minimum absolute atomic E-state index is 0.0606. The van der Waals surface area contributed by atoms with Crippen molar-refractivity contribution in [1.29, 1.82) is 0 Å². The summed E-state index contributed by atoms with van der Waals surface area (Å²) in [6, 6.07) is 2.97. The summed E-state index contributed by atoms with van der Waals surface area (Å²) < 4.78 is 0. The molecule has 0 aliphatic rings. The molecule has 1 heterocycles. The van der Waals surface area contributed by atoms with E-state index in [1.165, 1.54) is 12.1 Å². The summed E-state index contributed by atoms with van der Waals surface area (Å²) in [4.78, 5) is 19.0. The van der Waals surface area contributed by atoms with E-state index in [2.05, 4.69) is 15.2 Å². The zero-order valence-corrected chi connectivity index (χ0v) is 12.6. The van der Waals surface area contributed by atoms with Crippen LogP contribution < -0.4 is 10.2 Å². The maximum atomic E-state index is 11.0. The van der Waals surface area contributed by atoms with Gasteiger partial charge >= 0.3 is 0 Å². The highest BCUT2D eigenvalue weighted by Crippen LogP contribution is 2.22. The lowest BCUT2D eigenvalue weighted by molar-refractivity contribution is -0.384. The van der Waals surface area contributed by atoms with Gasteiger partial charge in [0.15, 0.2) is 0 Å². The molecule has 0 radical (unpaired) electrons. The number of hydrogen-bond donors (Lipinski definition) is 1. The molecule has 0 aromatic carbocycles. The van der Waals surface area contributed by atoms with Crippen LogP contribution >= 0.6 is 0 Å². The highest BCUT2D eigenvalue weighted by molar-refractivity contribution is 5.55. The smallest absolute Gasteiger partial charge is 0.276 e. The zero-order chi connectivity index (χ0) is 15.1. The summed E-state index contributed by atoms with van der Waals surface area (Å²) in [6.07, 6.45) is 0.977. The van der Waals surface area contributed by atoms with Crippen LogP contribution in [0.15, 0.2) is 12.1 Å².